The van der Waals surface area contributed by atoms with Crippen LogP contribution in [0.3, 0.4) is 0 Å². The third kappa shape index (κ3) is 2.89. The Hall–Kier alpha value is -0.740. The van der Waals surface area contributed by atoms with Crippen LogP contribution in [0.1, 0.15) is 18.9 Å². The van der Waals surface area contributed by atoms with Crippen LogP contribution in [-0.2, 0) is 0 Å². The average Bonchev–Trinajstić information content (AvgIpc) is 2.13. The van der Waals surface area contributed by atoms with Crippen LogP contribution in [0.4, 0.5) is 5.69 Å². The highest BCUT2D eigenvalue weighted by molar-refractivity contribution is 8.00. The number of pyridine rings is 1. The minimum absolute atomic E-state index is 0.208. The maximum Gasteiger partial charge on any atom is 0.119 e. The molecule has 0 radical (unpaired) electrons. The summed E-state index contributed by atoms with van der Waals surface area (Å²) < 4.78 is 0. The molecule has 1 rings (SSSR count). The summed E-state index contributed by atoms with van der Waals surface area (Å²) in [6, 6.07) is 1.90. The van der Waals surface area contributed by atoms with E-state index in [9.17, 15) is 0 Å². The number of rotatable bonds is 4. The molecule has 0 saturated carbocycles. The van der Waals surface area contributed by atoms with Crippen molar-refractivity contribution >= 4 is 17.4 Å². The summed E-state index contributed by atoms with van der Waals surface area (Å²) in [5, 5.41) is 9.98. The van der Waals surface area contributed by atoms with Gasteiger partial charge in [-0.25, -0.2) is 4.98 Å². The molecular weight excluding hydrogens is 196 g/mol. The minimum atomic E-state index is 0.208. The lowest BCUT2D eigenvalue weighted by atomic mass is 10.3. The summed E-state index contributed by atoms with van der Waals surface area (Å²) in [5.41, 5.74) is 7.69. The molecule has 0 fully saturated rings. The van der Waals surface area contributed by atoms with Gasteiger partial charge in [0.25, 0.3) is 0 Å². The van der Waals surface area contributed by atoms with Gasteiger partial charge in [0, 0.05) is 18.1 Å². The summed E-state index contributed by atoms with van der Waals surface area (Å²) in [5.74, 6) is 0. The number of aliphatic hydroxyl groups is 1. The molecule has 3 nitrogen and oxygen atoms in total. The fourth-order valence-corrected chi connectivity index (χ4v) is 2.08. The molecule has 0 aliphatic heterocycles. The summed E-state index contributed by atoms with van der Waals surface area (Å²) in [4.78, 5) is 4.22. The Kier molecular flexibility index (Phi) is 4.22. The van der Waals surface area contributed by atoms with Crippen LogP contribution in [0.25, 0.3) is 0 Å². The Morgan fingerprint density at radius 2 is 2.36 bits per heavy atom. The Morgan fingerprint density at radius 1 is 1.64 bits per heavy atom. The topological polar surface area (TPSA) is 59.1 Å². The fourth-order valence-electron chi connectivity index (χ4n) is 1.07. The number of aryl methyl sites for hydroxylation is 1. The molecule has 0 bridgehead atoms. The van der Waals surface area contributed by atoms with Gasteiger partial charge >= 0.3 is 0 Å². The molecule has 3 N–H and O–H groups in total. The lowest BCUT2D eigenvalue weighted by molar-refractivity contribution is 0.289. The Bertz CT molecular complexity index is 304. The zero-order chi connectivity index (χ0) is 10.6. The van der Waals surface area contributed by atoms with Crippen molar-refractivity contribution in [1.82, 2.24) is 4.98 Å². The van der Waals surface area contributed by atoms with Gasteiger partial charge < -0.3 is 10.8 Å². The normalized spacial score (nSPS) is 12.8. The van der Waals surface area contributed by atoms with Crippen molar-refractivity contribution in [3.05, 3.63) is 17.8 Å². The second-order valence-electron chi connectivity index (χ2n) is 3.29. The monoisotopic (exact) mass is 212 g/mol. The van der Waals surface area contributed by atoms with Gasteiger partial charge in [-0.2, -0.15) is 0 Å². The summed E-state index contributed by atoms with van der Waals surface area (Å²) in [6.07, 6.45) is 2.53. The second-order valence-corrected chi connectivity index (χ2v) is 4.71. The lowest BCUT2D eigenvalue weighted by Gasteiger charge is -2.11. The van der Waals surface area contributed by atoms with Crippen molar-refractivity contribution in [2.24, 2.45) is 0 Å². The van der Waals surface area contributed by atoms with Crippen LogP contribution in [0.15, 0.2) is 17.3 Å². The van der Waals surface area contributed by atoms with Crippen molar-refractivity contribution in [1.29, 1.82) is 0 Å². The maximum atomic E-state index is 8.77. The highest BCUT2D eigenvalue weighted by atomic mass is 32.2. The molecule has 1 aromatic rings. The highest BCUT2D eigenvalue weighted by Crippen LogP contribution is 2.29. The molecule has 1 unspecified atom stereocenters. The smallest absolute Gasteiger partial charge is 0.119 e. The third-order valence-corrected chi connectivity index (χ3v) is 3.21. The molecular formula is C10H16N2OS. The van der Waals surface area contributed by atoms with Gasteiger partial charge in [0.05, 0.1) is 5.69 Å². The first kappa shape index (κ1) is 11.3. The first-order valence-electron chi connectivity index (χ1n) is 4.63. The Labute approximate surface area is 88.7 Å². The van der Waals surface area contributed by atoms with Crippen molar-refractivity contribution in [2.45, 2.75) is 30.5 Å². The van der Waals surface area contributed by atoms with E-state index in [1.165, 1.54) is 0 Å². The van der Waals surface area contributed by atoms with Crippen LogP contribution >= 0.6 is 11.8 Å². The molecule has 0 amide bonds. The third-order valence-electron chi connectivity index (χ3n) is 2.02. The Morgan fingerprint density at radius 3 is 3.00 bits per heavy atom. The van der Waals surface area contributed by atoms with E-state index in [1.807, 2.05) is 13.0 Å². The summed E-state index contributed by atoms with van der Waals surface area (Å²) >= 11 is 1.61. The van der Waals surface area contributed by atoms with E-state index >= 15 is 0 Å². The average molecular weight is 212 g/mol. The number of aromatic nitrogens is 1. The van der Waals surface area contributed by atoms with Crippen molar-refractivity contribution in [3.8, 4) is 0 Å². The molecule has 0 aliphatic carbocycles. The van der Waals surface area contributed by atoms with E-state index in [2.05, 4.69) is 11.9 Å². The van der Waals surface area contributed by atoms with Crippen LogP contribution in [0, 0.1) is 6.92 Å². The molecule has 0 saturated heterocycles. The number of aliphatic hydroxyl groups excluding tert-OH is 1. The molecule has 1 heterocycles. The molecule has 0 spiro atoms. The number of hydrogen-bond acceptors (Lipinski definition) is 4. The standard InChI is InChI=1S/C10H16N2OS/c1-7-3-5-12-10(9(7)11)14-8(2)4-6-13/h3,5,8,13H,4,6,11H2,1-2H3. The SMILES string of the molecule is Cc1ccnc(SC(C)CCO)c1N. The van der Waals surface area contributed by atoms with Gasteiger partial charge in [-0.1, -0.05) is 6.92 Å². The number of anilines is 1. The molecule has 14 heavy (non-hydrogen) atoms. The van der Waals surface area contributed by atoms with E-state index < -0.39 is 0 Å². The first-order valence-corrected chi connectivity index (χ1v) is 5.51. The van der Waals surface area contributed by atoms with Crippen LogP contribution in [0.2, 0.25) is 0 Å². The Balaban J connectivity index is 2.71. The van der Waals surface area contributed by atoms with Crippen molar-refractivity contribution < 1.29 is 5.11 Å². The van der Waals surface area contributed by atoms with E-state index in [0.29, 0.717) is 5.25 Å². The van der Waals surface area contributed by atoms with E-state index in [-0.39, 0.29) is 6.61 Å². The van der Waals surface area contributed by atoms with Crippen LogP contribution in [0.5, 0.6) is 0 Å². The lowest BCUT2D eigenvalue weighted by Crippen LogP contribution is -2.02. The summed E-state index contributed by atoms with van der Waals surface area (Å²) in [6.45, 7) is 4.24. The van der Waals surface area contributed by atoms with Gasteiger partial charge in [-0.05, 0) is 25.0 Å². The number of nitrogens with two attached hydrogens (primary N) is 1. The van der Waals surface area contributed by atoms with Crippen LogP contribution < -0.4 is 5.73 Å². The number of hydrogen-bond donors (Lipinski definition) is 2. The maximum absolute atomic E-state index is 8.77. The zero-order valence-electron chi connectivity index (χ0n) is 8.53. The van der Waals surface area contributed by atoms with Crippen molar-refractivity contribution in [3.63, 3.8) is 0 Å². The van der Waals surface area contributed by atoms with E-state index in [4.69, 9.17) is 10.8 Å². The van der Waals surface area contributed by atoms with Crippen molar-refractivity contribution in [2.75, 3.05) is 12.3 Å². The molecule has 4 heteroatoms. The molecule has 78 valence electrons. The second kappa shape index (κ2) is 5.22. The van der Waals surface area contributed by atoms with Gasteiger partial charge in [-0.15, -0.1) is 11.8 Å². The van der Waals surface area contributed by atoms with Gasteiger partial charge in [0.15, 0.2) is 0 Å². The molecule has 0 aliphatic rings. The molecule has 1 atom stereocenters. The minimum Gasteiger partial charge on any atom is -0.396 e. The van der Waals surface area contributed by atoms with Gasteiger partial charge in [0.2, 0.25) is 0 Å². The zero-order valence-corrected chi connectivity index (χ0v) is 9.34. The molecule has 0 aromatic carbocycles. The highest BCUT2D eigenvalue weighted by Gasteiger charge is 2.08. The van der Waals surface area contributed by atoms with Gasteiger partial charge in [0.1, 0.15) is 5.03 Å². The predicted molar refractivity (Wildman–Crippen MR) is 60.4 cm³/mol. The largest absolute Gasteiger partial charge is 0.396 e. The van der Waals surface area contributed by atoms with Crippen LogP contribution in [-0.4, -0.2) is 21.9 Å². The number of nitrogen functional groups attached to an aromatic ring is 1. The quantitative estimate of drug-likeness (QED) is 0.748. The van der Waals surface area contributed by atoms with E-state index in [0.717, 1.165) is 22.7 Å². The number of thioether (sulfide) groups is 1. The van der Waals surface area contributed by atoms with E-state index in [1.54, 1.807) is 18.0 Å². The first-order chi connectivity index (χ1) is 6.65. The number of nitrogens with zero attached hydrogens (tertiary/aromatic N) is 1. The summed E-state index contributed by atoms with van der Waals surface area (Å²) in [7, 11) is 0. The predicted octanol–water partition coefficient (Wildman–Crippen LogP) is 1.84. The van der Waals surface area contributed by atoms with Gasteiger partial charge in [-0.3, -0.25) is 0 Å². The molecule has 1 aromatic heterocycles. The fraction of sp³-hybridized carbons (Fsp3) is 0.500.